The predicted molar refractivity (Wildman–Crippen MR) is 95.0 cm³/mol. The van der Waals surface area contributed by atoms with Crippen molar-refractivity contribution in [3.05, 3.63) is 58.3 Å². The van der Waals surface area contributed by atoms with Gasteiger partial charge >= 0.3 is 0 Å². The van der Waals surface area contributed by atoms with E-state index >= 15 is 0 Å². The first-order valence-electron chi connectivity index (χ1n) is 6.97. The number of halogens is 2. The third kappa shape index (κ3) is 3.52. The zero-order chi connectivity index (χ0) is 16.4. The van der Waals surface area contributed by atoms with Gasteiger partial charge in [-0.05, 0) is 36.8 Å². The Kier molecular flexibility index (Phi) is 4.90. The highest BCUT2D eigenvalue weighted by molar-refractivity contribution is 7.99. The van der Waals surface area contributed by atoms with Crippen molar-refractivity contribution in [1.29, 1.82) is 0 Å². The highest BCUT2D eigenvalue weighted by atomic mass is 35.5. The number of thioether (sulfide) groups is 1. The Balaban J connectivity index is 1.85. The van der Waals surface area contributed by atoms with Crippen molar-refractivity contribution in [2.75, 3.05) is 0 Å². The summed E-state index contributed by atoms with van der Waals surface area (Å²) < 4.78 is 1.96. The lowest BCUT2D eigenvalue weighted by atomic mass is 10.2. The van der Waals surface area contributed by atoms with E-state index < -0.39 is 0 Å². The van der Waals surface area contributed by atoms with Crippen molar-refractivity contribution in [2.24, 2.45) is 7.05 Å². The van der Waals surface area contributed by atoms with E-state index in [-0.39, 0.29) is 5.25 Å². The molecule has 0 aliphatic heterocycles. The minimum Gasteiger partial charge on any atom is -0.305 e. The van der Waals surface area contributed by atoms with Crippen LogP contribution in [0.25, 0.3) is 11.4 Å². The molecule has 0 spiro atoms. The van der Waals surface area contributed by atoms with E-state index in [1.165, 1.54) is 0 Å². The van der Waals surface area contributed by atoms with Crippen molar-refractivity contribution in [3.8, 4) is 11.4 Å². The fourth-order valence-electron chi connectivity index (χ4n) is 2.22. The number of rotatable bonds is 4. The van der Waals surface area contributed by atoms with Crippen LogP contribution in [0.2, 0.25) is 10.0 Å². The molecule has 2 heterocycles. The Bertz CT molecular complexity index is 820. The number of hydrogen-bond acceptors (Lipinski definition) is 4. The van der Waals surface area contributed by atoms with Crippen molar-refractivity contribution in [3.63, 3.8) is 0 Å². The van der Waals surface area contributed by atoms with E-state index in [0.717, 1.165) is 22.1 Å². The summed E-state index contributed by atoms with van der Waals surface area (Å²) in [6.45, 7) is 2.08. The van der Waals surface area contributed by atoms with Gasteiger partial charge in [-0.3, -0.25) is 4.98 Å². The maximum Gasteiger partial charge on any atom is 0.191 e. The second-order valence-electron chi connectivity index (χ2n) is 5.03. The Morgan fingerprint density at radius 3 is 2.70 bits per heavy atom. The fraction of sp³-hybridized carbons (Fsp3) is 0.188. The molecule has 118 valence electrons. The normalized spacial score (nSPS) is 12.3. The molecule has 7 heteroatoms. The van der Waals surface area contributed by atoms with Crippen molar-refractivity contribution < 1.29 is 0 Å². The van der Waals surface area contributed by atoms with Gasteiger partial charge in [0.1, 0.15) is 0 Å². The van der Waals surface area contributed by atoms with E-state index in [1.54, 1.807) is 30.2 Å². The Hall–Kier alpha value is -1.56. The summed E-state index contributed by atoms with van der Waals surface area (Å²) >= 11 is 13.8. The summed E-state index contributed by atoms with van der Waals surface area (Å²) in [5.41, 5.74) is 1.96. The molecule has 1 atom stereocenters. The average molecular weight is 365 g/mol. The van der Waals surface area contributed by atoms with Crippen molar-refractivity contribution in [2.45, 2.75) is 17.3 Å². The predicted octanol–water partition coefficient (Wildman–Crippen LogP) is 5.04. The highest BCUT2D eigenvalue weighted by Gasteiger charge is 2.17. The third-order valence-corrected chi connectivity index (χ3v) is 5.17. The minimum atomic E-state index is 0.129. The van der Waals surface area contributed by atoms with Crippen LogP contribution < -0.4 is 0 Å². The largest absolute Gasteiger partial charge is 0.305 e. The van der Waals surface area contributed by atoms with Gasteiger partial charge in [0.05, 0.1) is 0 Å². The number of pyridine rings is 1. The molecular weight excluding hydrogens is 351 g/mol. The van der Waals surface area contributed by atoms with Gasteiger partial charge in [0.15, 0.2) is 11.0 Å². The Morgan fingerprint density at radius 2 is 2.00 bits per heavy atom. The van der Waals surface area contributed by atoms with E-state index in [1.807, 2.05) is 35.9 Å². The maximum absolute atomic E-state index is 6.28. The number of nitrogens with zero attached hydrogens (tertiary/aromatic N) is 4. The second-order valence-corrected chi connectivity index (χ2v) is 7.18. The molecule has 2 aromatic heterocycles. The minimum absolute atomic E-state index is 0.129. The van der Waals surface area contributed by atoms with E-state index in [9.17, 15) is 0 Å². The molecule has 4 nitrogen and oxygen atoms in total. The molecule has 0 bridgehead atoms. The topological polar surface area (TPSA) is 43.6 Å². The van der Waals surface area contributed by atoms with Gasteiger partial charge in [-0.2, -0.15) is 0 Å². The van der Waals surface area contributed by atoms with Gasteiger partial charge in [-0.15, -0.1) is 10.2 Å². The van der Waals surface area contributed by atoms with Crippen molar-refractivity contribution in [1.82, 2.24) is 19.7 Å². The molecule has 0 N–H and O–H groups in total. The van der Waals surface area contributed by atoms with Crippen molar-refractivity contribution >= 4 is 35.0 Å². The first kappa shape index (κ1) is 16.3. The van der Waals surface area contributed by atoms with Gasteiger partial charge in [0.2, 0.25) is 0 Å². The number of aromatic nitrogens is 4. The molecule has 0 unspecified atom stereocenters. The lowest BCUT2D eigenvalue weighted by Gasteiger charge is -2.13. The van der Waals surface area contributed by atoms with Crippen LogP contribution in [0, 0.1) is 0 Å². The molecule has 0 fully saturated rings. The van der Waals surface area contributed by atoms with Crippen LogP contribution in [0.4, 0.5) is 0 Å². The second kappa shape index (κ2) is 6.91. The van der Waals surface area contributed by atoms with Crippen LogP contribution in [-0.4, -0.2) is 19.7 Å². The lowest BCUT2D eigenvalue weighted by Crippen LogP contribution is -1.97. The molecule has 3 aromatic rings. The van der Waals surface area contributed by atoms with Crippen LogP contribution in [0.5, 0.6) is 0 Å². The average Bonchev–Trinajstić information content (AvgIpc) is 2.89. The molecule has 0 saturated heterocycles. The molecule has 0 aliphatic carbocycles. The molecule has 1 aromatic carbocycles. The van der Waals surface area contributed by atoms with Gasteiger partial charge in [-0.25, -0.2) is 0 Å². The monoisotopic (exact) mass is 364 g/mol. The molecule has 0 aliphatic rings. The zero-order valence-electron chi connectivity index (χ0n) is 12.6. The summed E-state index contributed by atoms with van der Waals surface area (Å²) in [7, 11) is 1.95. The first-order valence-corrected chi connectivity index (χ1v) is 8.61. The molecule has 0 amide bonds. The summed E-state index contributed by atoms with van der Waals surface area (Å²) in [5.74, 6) is 0.787. The SMILES string of the molecule is C[C@@H](Sc1nnc(-c2cccnc2)n1C)c1ccc(Cl)cc1Cl. The van der Waals surface area contributed by atoms with E-state index in [4.69, 9.17) is 23.2 Å². The van der Waals surface area contributed by atoms with Crippen LogP contribution in [-0.2, 0) is 7.05 Å². The zero-order valence-corrected chi connectivity index (χ0v) is 14.9. The van der Waals surface area contributed by atoms with Gasteiger partial charge in [0.25, 0.3) is 0 Å². The third-order valence-electron chi connectivity index (χ3n) is 3.44. The van der Waals surface area contributed by atoms with Crippen LogP contribution in [0.1, 0.15) is 17.7 Å². The number of benzene rings is 1. The van der Waals surface area contributed by atoms with Gasteiger partial charge in [0, 0.05) is 40.3 Å². The van der Waals surface area contributed by atoms with Crippen LogP contribution >= 0.6 is 35.0 Å². The van der Waals surface area contributed by atoms with E-state index in [0.29, 0.717) is 10.0 Å². The summed E-state index contributed by atoms with van der Waals surface area (Å²) in [5, 5.41) is 10.8. The number of hydrogen-bond donors (Lipinski definition) is 0. The van der Waals surface area contributed by atoms with Crippen LogP contribution in [0.3, 0.4) is 0 Å². The van der Waals surface area contributed by atoms with Gasteiger partial charge < -0.3 is 4.57 Å². The quantitative estimate of drug-likeness (QED) is 0.608. The molecule has 23 heavy (non-hydrogen) atoms. The smallest absolute Gasteiger partial charge is 0.191 e. The lowest BCUT2D eigenvalue weighted by molar-refractivity contribution is 0.790. The Labute approximate surface area is 148 Å². The molecule has 3 rings (SSSR count). The fourth-order valence-corrected chi connectivity index (χ4v) is 3.83. The summed E-state index contributed by atoms with van der Waals surface area (Å²) in [6.07, 6.45) is 3.51. The standard InChI is InChI=1S/C16H14Cl2N4S/c1-10(13-6-5-12(17)8-14(13)18)23-16-21-20-15(22(16)2)11-4-3-7-19-9-11/h3-10H,1-2H3/t10-/m1/s1. The van der Waals surface area contributed by atoms with Crippen LogP contribution in [0.15, 0.2) is 47.9 Å². The first-order chi connectivity index (χ1) is 11.1. The summed E-state index contributed by atoms with van der Waals surface area (Å²) in [4.78, 5) is 4.12. The Morgan fingerprint density at radius 1 is 1.17 bits per heavy atom. The highest BCUT2D eigenvalue weighted by Crippen LogP contribution is 2.38. The molecular formula is C16H14Cl2N4S. The van der Waals surface area contributed by atoms with E-state index in [2.05, 4.69) is 22.1 Å². The van der Waals surface area contributed by atoms with Gasteiger partial charge in [-0.1, -0.05) is 41.0 Å². The maximum atomic E-state index is 6.28. The molecule has 0 saturated carbocycles. The summed E-state index contributed by atoms with van der Waals surface area (Å²) in [6, 6.07) is 9.39. The molecule has 0 radical (unpaired) electrons.